The van der Waals surface area contributed by atoms with Gasteiger partial charge < -0.3 is 5.11 Å². The van der Waals surface area contributed by atoms with Gasteiger partial charge in [0.2, 0.25) is 0 Å². The molecule has 3 heteroatoms. The molecule has 0 amide bonds. The normalized spacial score (nSPS) is 26.1. The van der Waals surface area contributed by atoms with E-state index in [4.69, 9.17) is 0 Å². The lowest BCUT2D eigenvalue weighted by molar-refractivity contribution is 0.140. The van der Waals surface area contributed by atoms with Crippen LogP contribution in [0.5, 0.6) is 0 Å². The highest BCUT2D eigenvalue weighted by molar-refractivity contribution is 5.09. The van der Waals surface area contributed by atoms with Gasteiger partial charge in [-0.3, -0.25) is 9.88 Å². The molecule has 2 rings (SSSR count). The van der Waals surface area contributed by atoms with Crippen LogP contribution in [0.2, 0.25) is 0 Å². The van der Waals surface area contributed by atoms with Crippen LogP contribution in [-0.4, -0.2) is 40.7 Å². The SMILES string of the molecule is CC1CCN(CCc2cccnc2)C1CO. The minimum Gasteiger partial charge on any atom is -0.395 e. The number of likely N-dealkylation sites (tertiary alicyclic amines) is 1. The molecule has 1 N–H and O–H groups in total. The zero-order valence-corrected chi connectivity index (χ0v) is 9.84. The maximum Gasteiger partial charge on any atom is 0.0589 e. The summed E-state index contributed by atoms with van der Waals surface area (Å²) in [5.41, 5.74) is 1.28. The number of aliphatic hydroxyl groups excluding tert-OH is 1. The van der Waals surface area contributed by atoms with Crippen molar-refractivity contribution in [1.82, 2.24) is 9.88 Å². The standard InChI is InChI=1S/C13H20N2O/c1-11-4-7-15(13(11)10-16)8-5-12-3-2-6-14-9-12/h2-3,6,9,11,13,16H,4-5,7-8,10H2,1H3. The Balaban J connectivity index is 1.86. The number of pyridine rings is 1. The van der Waals surface area contributed by atoms with Crippen LogP contribution in [0.1, 0.15) is 18.9 Å². The lowest BCUT2D eigenvalue weighted by Crippen LogP contribution is -2.36. The maximum absolute atomic E-state index is 9.35. The first-order chi connectivity index (χ1) is 7.81. The minimum atomic E-state index is 0.286. The highest BCUT2D eigenvalue weighted by Gasteiger charge is 2.29. The van der Waals surface area contributed by atoms with Gasteiger partial charge in [0.15, 0.2) is 0 Å². The van der Waals surface area contributed by atoms with Crippen molar-refractivity contribution in [3.63, 3.8) is 0 Å². The van der Waals surface area contributed by atoms with E-state index in [0.717, 1.165) is 19.5 Å². The van der Waals surface area contributed by atoms with Crippen molar-refractivity contribution in [3.05, 3.63) is 30.1 Å². The van der Waals surface area contributed by atoms with Crippen molar-refractivity contribution in [2.45, 2.75) is 25.8 Å². The van der Waals surface area contributed by atoms with Crippen LogP contribution < -0.4 is 0 Å². The highest BCUT2D eigenvalue weighted by atomic mass is 16.3. The third kappa shape index (κ3) is 2.60. The molecule has 0 saturated carbocycles. The van der Waals surface area contributed by atoms with Gasteiger partial charge in [0.05, 0.1) is 6.61 Å². The van der Waals surface area contributed by atoms with Gasteiger partial charge in [0.25, 0.3) is 0 Å². The van der Waals surface area contributed by atoms with E-state index < -0.39 is 0 Å². The maximum atomic E-state index is 9.35. The van der Waals surface area contributed by atoms with Crippen LogP contribution in [0, 0.1) is 5.92 Å². The molecule has 1 aromatic rings. The van der Waals surface area contributed by atoms with Gasteiger partial charge in [-0.15, -0.1) is 0 Å². The summed E-state index contributed by atoms with van der Waals surface area (Å²) in [6.45, 7) is 4.66. The number of aromatic nitrogens is 1. The largest absolute Gasteiger partial charge is 0.395 e. The molecule has 1 aliphatic rings. The predicted octanol–water partition coefficient (Wildman–Crippen LogP) is 1.33. The molecule has 2 heterocycles. The molecule has 88 valence electrons. The number of aliphatic hydroxyl groups is 1. The number of rotatable bonds is 4. The first-order valence-electron chi connectivity index (χ1n) is 6.05. The second kappa shape index (κ2) is 5.41. The summed E-state index contributed by atoms with van der Waals surface area (Å²) in [5, 5.41) is 9.35. The van der Waals surface area contributed by atoms with Crippen molar-refractivity contribution in [2.75, 3.05) is 19.7 Å². The highest BCUT2D eigenvalue weighted by Crippen LogP contribution is 2.23. The Labute approximate surface area is 97.1 Å². The molecular formula is C13H20N2O. The van der Waals surface area contributed by atoms with Gasteiger partial charge in [0.1, 0.15) is 0 Å². The fraction of sp³-hybridized carbons (Fsp3) is 0.615. The average Bonchev–Trinajstić information content (AvgIpc) is 2.68. The topological polar surface area (TPSA) is 36.4 Å². The number of hydrogen-bond acceptors (Lipinski definition) is 3. The van der Waals surface area contributed by atoms with Crippen molar-refractivity contribution in [1.29, 1.82) is 0 Å². The Hall–Kier alpha value is -0.930. The second-order valence-corrected chi connectivity index (χ2v) is 4.66. The molecule has 0 spiro atoms. The molecule has 0 aromatic carbocycles. The summed E-state index contributed by atoms with van der Waals surface area (Å²) in [4.78, 5) is 6.52. The molecule has 0 radical (unpaired) electrons. The fourth-order valence-electron chi connectivity index (χ4n) is 2.48. The Morgan fingerprint density at radius 1 is 1.56 bits per heavy atom. The van der Waals surface area contributed by atoms with E-state index in [1.54, 1.807) is 6.20 Å². The zero-order chi connectivity index (χ0) is 11.4. The van der Waals surface area contributed by atoms with Crippen LogP contribution in [0.4, 0.5) is 0 Å². The first-order valence-corrected chi connectivity index (χ1v) is 6.05. The number of nitrogens with zero attached hydrogens (tertiary/aromatic N) is 2. The second-order valence-electron chi connectivity index (χ2n) is 4.66. The van der Waals surface area contributed by atoms with Crippen molar-refractivity contribution in [2.24, 2.45) is 5.92 Å². The lowest BCUT2D eigenvalue weighted by atomic mass is 10.0. The lowest BCUT2D eigenvalue weighted by Gasteiger charge is -2.24. The molecule has 3 nitrogen and oxygen atoms in total. The summed E-state index contributed by atoms with van der Waals surface area (Å²) in [6, 6.07) is 4.45. The van der Waals surface area contributed by atoms with Crippen LogP contribution >= 0.6 is 0 Å². The van der Waals surface area contributed by atoms with Gasteiger partial charge in [0, 0.05) is 25.0 Å². The fourth-order valence-corrected chi connectivity index (χ4v) is 2.48. The van der Waals surface area contributed by atoms with E-state index in [9.17, 15) is 5.11 Å². The van der Waals surface area contributed by atoms with E-state index in [0.29, 0.717) is 12.0 Å². The Morgan fingerprint density at radius 2 is 2.44 bits per heavy atom. The summed E-state index contributed by atoms with van der Waals surface area (Å²) < 4.78 is 0. The molecule has 1 aromatic heterocycles. The Bertz CT molecular complexity index is 315. The van der Waals surface area contributed by atoms with Crippen molar-refractivity contribution in [3.8, 4) is 0 Å². The van der Waals surface area contributed by atoms with E-state index in [1.165, 1.54) is 12.0 Å². The summed E-state index contributed by atoms with van der Waals surface area (Å²) in [6.07, 6.45) is 5.96. The third-order valence-electron chi connectivity index (χ3n) is 3.60. The minimum absolute atomic E-state index is 0.286. The summed E-state index contributed by atoms with van der Waals surface area (Å²) in [7, 11) is 0. The molecule has 2 atom stereocenters. The van der Waals surface area contributed by atoms with E-state index in [1.807, 2.05) is 12.3 Å². The van der Waals surface area contributed by atoms with E-state index >= 15 is 0 Å². The van der Waals surface area contributed by atoms with Crippen LogP contribution in [0.25, 0.3) is 0 Å². The van der Waals surface area contributed by atoms with Gasteiger partial charge in [-0.2, -0.15) is 0 Å². The van der Waals surface area contributed by atoms with Gasteiger partial charge in [-0.25, -0.2) is 0 Å². The van der Waals surface area contributed by atoms with Crippen LogP contribution in [-0.2, 0) is 6.42 Å². The molecule has 2 unspecified atom stereocenters. The molecule has 0 aliphatic carbocycles. The number of hydrogen-bond donors (Lipinski definition) is 1. The van der Waals surface area contributed by atoms with Crippen molar-refractivity contribution >= 4 is 0 Å². The van der Waals surface area contributed by atoms with Gasteiger partial charge in [-0.05, 0) is 36.9 Å². The quantitative estimate of drug-likeness (QED) is 0.831. The molecular weight excluding hydrogens is 200 g/mol. The molecule has 16 heavy (non-hydrogen) atoms. The molecule has 0 bridgehead atoms. The monoisotopic (exact) mass is 220 g/mol. The molecule has 1 aliphatic heterocycles. The van der Waals surface area contributed by atoms with Crippen LogP contribution in [0.15, 0.2) is 24.5 Å². The summed E-state index contributed by atoms with van der Waals surface area (Å²) in [5.74, 6) is 0.624. The summed E-state index contributed by atoms with van der Waals surface area (Å²) >= 11 is 0. The van der Waals surface area contributed by atoms with Crippen LogP contribution in [0.3, 0.4) is 0 Å². The molecule has 1 saturated heterocycles. The Kier molecular flexibility index (Phi) is 3.91. The van der Waals surface area contributed by atoms with Crippen molar-refractivity contribution < 1.29 is 5.11 Å². The van der Waals surface area contributed by atoms with Gasteiger partial charge in [-0.1, -0.05) is 13.0 Å². The van der Waals surface area contributed by atoms with E-state index in [-0.39, 0.29) is 6.61 Å². The smallest absolute Gasteiger partial charge is 0.0589 e. The van der Waals surface area contributed by atoms with E-state index in [2.05, 4.69) is 22.9 Å². The zero-order valence-electron chi connectivity index (χ0n) is 9.84. The third-order valence-corrected chi connectivity index (χ3v) is 3.60. The average molecular weight is 220 g/mol. The van der Waals surface area contributed by atoms with Gasteiger partial charge >= 0.3 is 0 Å². The Morgan fingerprint density at radius 3 is 3.12 bits per heavy atom. The molecule has 1 fully saturated rings. The first kappa shape index (κ1) is 11.6. The predicted molar refractivity (Wildman–Crippen MR) is 64.2 cm³/mol.